The smallest absolute Gasteiger partial charge is 0.337 e. The number of aliphatic hydroxyl groups excluding tert-OH is 1. The van der Waals surface area contributed by atoms with Crippen LogP contribution in [-0.2, 0) is 45.0 Å². The van der Waals surface area contributed by atoms with Crippen LogP contribution in [0.1, 0.15) is 87.2 Å². The van der Waals surface area contributed by atoms with Crippen LogP contribution in [0.3, 0.4) is 0 Å². The van der Waals surface area contributed by atoms with Gasteiger partial charge in [0.05, 0.1) is 47.2 Å². The molecule has 316 valence electrons. The molecule has 0 radical (unpaired) electrons. The minimum Gasteiger partial charge on any atom is -0.491 e. The molecule has 0 aliphatic heterocycles. The molecular weight excluding hydrogens is 771 g/mol. The number of nitrogens with two attached hydrogens (primary N) is 1. The van der Waals surface area contributed by atoms with Crippen LogP contribution in [0.15, 0.2) is 63.6 Å². The maximum atomic E-state index is 13.9. The maximum Gasteiger partial charge on any atom is 0.337 e. The van der Waals surface area contributed by atoms with Gasteiger partial charge in [-0.1, -0.05) is 11.1 Å². The zero-order valence-electron chi connectivity index (χ0n) is 35.4. The van der Waals surface area contributed by atoms with Crippen LogP contribution in [0.4, 0.5) is 0 Å². The first-order valence-corrected chi connectivity index (χ1v) is 19.6. The quantitative estimate of drug-likeness (QED) is 0.0934. The average molecular weight is 822 g/mol. The van der Waals surface area contributed by atoms with Crippen molar-refractivity contribution in [3.63, 3.8) is 0 Å². The summed E-state index contributed by atoms with van der Waals surface area (Å²) in [7, 11) is 4.84. The summed E-state index contributed by atoms with van der Waals surface area (Å²) in [5.74, 6) is -1.83. The number of ether oxygens (including phenoxy) is 2. The van der Waals surface area contributed by atoms with Crippen molar-refractivity contribution < 1.29 is 33.8 Å². The van der Waals surface area contributed by atoms with Crippen LogP contribution in [0.2, 0.25) is 0 Å². The first-order chi connectivity index (χ1) is 28.6. The van der Waals surface area contributed by atoms with Gasteiger partial charge in [-0.05, 0) is 84.0 Å². The molecule has 4 aromatic heterocycles. The molecule has 0 atom stereocenters. The summed E-state index contributed by atoms with van der Waals surface area (Å²) in [5.41, 5.74) is 13.1. The third kappa shape index (κ3) is 8.22. The molecule has 0 saturated carbocycles. The highest BCUT2D eigenvalue weighted by Crippen LogP contribution is 2.29. The Hall–Kier alpha value is -6.82. The standard InChI is InChI=1S/C42H51N11O7/c1-10-52-33(17-26(5)46-52)38(56)44-41-48(7)31-19-28(40(58)59-9)13-14-30(31)50(41)22-24(3)25(4)23-51-36-32(20-29(37(43)55)21-35(36)60-16-12-15-54)49(8)42(51)45-39(57)34-18-27(6)47-53(34)11-2/h13-14,17-21,54H,10-12,15-16,22-23H2,1-9H3,(H2,43,55)/b25-24+,44-41+,45-42+. The maximum absolute atomic E-state index is 13.9. The Bertz CT molecular complexity index is 2860. The molecule has 4 heterocycles. The molecule has 0 fully saturated rings. The van der Waals surface area contributed by atoms with Crippen molar-refractivity contribution in [2.45, 2.75) is 74.1 Å². The van der Waals surface area contributed by atoms with E-state index in [0.717, 1.165) is 11.1 Å². The molecule has 18 heteroatoms. The van der Waals surface area contributed by atoms with Crippen LogP contribution in [0.25, 0.3) is 22.1 Å². The lowest BCUT2D eigenvalue weighted by Crippen LogP contribution is -2.28. The summed E-state index contributed by atoms with van der Waals surface area (Å²) < 4.78 is 21.6. The Balaban J connectivity index is 1.55. The first-order valence-electron chi connectivity index (χ1n) is 19.6. The number of fused-ring (bicyclic) bond motifs is 2. The van der Waals surface area contributed by atoms with Crippen molar-refractivity contribution in [1.29, 1.82) is 0 Å². The number of hydrogen-bond acceptors (Lipinski definition) is 9. The van der Waals surface area contributed by atoms with Gasteiger partial charge in [0.2, 0.25) is 17.1 Å². The van der Waals surface area contributed by atoms with E-state index in [1.54, 1.807) is 82.0 Å². The number of benzene rings is 2. The highest BCUT2D eigenvalue weighted by atomic mass is 16.5. The van der Waals surface area contributed by atoms with E-state index in [-0.39, 0.29) is 37.5 Å². The van der Waals surface area contributed by atoms with Crippen LogP contribution >= 0.6 is 0 Å². The average Bonchev–Trinajstić information content (AvgIpc) is 3.95. The number of hydrogen-bond donors (Lipinski definition) is 2. The second kappa shape index (κ2) is 17.6. The number of aromatic nitrogens is 8. The van der Waals surface area contributed by atoms with E-state index < -0.39 is 23.7 Å². The first kappa shape index (κ1) is 42.8. The predicted molar refractivity (Wildman–Crippen MR) is 222 cm³/mol. The normalized spacial score (nSPS) is 12.8. The van der Waals surface area contributed by atoms with Gasteiger partial charge in [0, 0.05) is 58.9 Å². The van der Waals surface area contributed by atoms with Gasteiger partial charge in [-0.15, -0.1) is 0 Å². The van der Waals surface area contributed by atoms with E-state index in [2.05, 4.69) is 20.2 Å². The number of imidazole rings is 2. The lowest BCUT2D eigenvalue weighted by Gasteiger charge is -2.14. The molecule has 18 nitrogen and oxygen atoms in total. The van der Waals surface area contributed by atoms with Gasteiger partial charge in [-0.25, -0.2) is 4.79 Å². The summed E-state index contributed by atoms with van der Waals surface area (Å²) in [6.07, 6.45) is 0.336. The zero-order chi connectivity index (χ0) is 43.6. The van der Waals surface area contributed by atoms with E-state index in [0.29, 0.717) is 81.3 Å². The van der Waals surface area contributed by atoms with Crippen LogP contribution < -0.4 is 21.7 Å². The Labute approximate surface area is 345 Å². The molecule has 0 bridgehead atoms. The van der Waals surface area contributed by atoms with Crippen LogP contribution in [0.5, 0.6) is 5.75 Å². The fourth-order valence-electron chi connectivity index (χ4n) is 7.20. The number of carbonyl (C=O) groups excluding carboxylic acids is 4. The second-order valence-electron chi connectivity index (χ2n) is 14.6. The fraction of sp³-hybridized carbons (Fsp3) is 0.381. The SMILES string of the molecule is CCn1nc(C)cc1C(=O)/N=c1\n(C)c2cc(C(=O)OC)ccc2n1C/C(C)=C(\C)Cn1/c(=N/C(=O)c2cc(C)nn2CC)n(C)c2cc(C(N)=O)cc(OCCCO)c21. The predicted octanol–water partition coefficient (Wildman–Crippen LogP) is 3.49. The van der Waals surface area contributed by atoms with Crippen molar-refractivity contribution in [2.24, 2.45) is 29.8 Å². The van der Waals surface area contributed by atoms with Gasteiger partial charge < -0.3 is 38.6 Å². The fourth-order valence-corrected chi connectivity index (χ4v) is 7.20. The molecule has 0 aliphatic rings. The number of rotatable bonds is 14. The Morgan fingerprint density at radius 1 is 0.750 bits per heavy atom. The molecule has 0 aliphatic carbocycles. The van der Waals surface area contributed by atoms with E-state index >= 15 is 0 Å². The van der Waals surface area contributed by atoms with Crippen molar-refractivity contribution in [3.05, 3.63) is 98.7 Å². The van der Waals surface area contributed by atoms with Crippen LogP contribution in [-0.4, -0.2) is 87.0 Å². The molecule has 6 rings (SSSR count). The molecular formula is C42H51N11O7. The third-order valence-corrected chi connectivity index (χ3v) is 10.4. The summed E-state index contributed by atoms with van der Waals surface area (Å²) in [4.78, 5) is 62.1. The highest BCUT2D eigenvalue weighted by molar-refractivity contribution is 5.99. The van der Waals surface area contributed by atoms with Crippen LogP contribution in [0, 0.1) is 13.8 Å². The van der Waals surface area contributed by atoms with E-state index in [1.165, 1.54) is 7.11 Å². The van der Waals surface area contributed by atoms with Crippen molar-refractivity contribution in [3.8, 4) is 5.75 Å². The number of esters is 1. The Morgan fingerprint density at radius 3 is 1.82 bits per heavy atom. The number of carbonyl (C=O) groups is 4. The number of aryl methyl sites for hydroxylation is 6. The zero-order valence-corrected chi connectivity index (χ0v) is 35.4. The Morgan fingerprint density at radius 2 is 1.28 bits per heavy atom. The van der Waals surface area contributed by atoms with E-state index in [4.69, 9.17) is 15.2 Å². The summed E-state index contributed by atoms with van der Waals surface area (Å²) in [5, 5.41) is 18.4. The molecule has 3 N–H and O–H groups in total. The largest absolute Gasteiger partial charge is 0.491 e. The topological polar surface area (TPSA) is 213 Å². The lowest BCUT2D eigenvalue weighted by molar-refractivity contribution is 0.0600. The molecule has 0 spiro atoms. The summed E-state index contributed by atoms with van der Waals surface area (Å²) in [6.45, 7) is 12.8. The monoisotopic (exact) mass is 821 g/mol. The van der Waals surface area contributed by atoms with E-state index in [9.17, 15) is 24.3 Å². The van der Waals surface area contributed by atoms with Gasteiger partial charge in [-0.3, -0.25) is 23.7 Å². The summed E-state index contributed by atoms with van der Waals surface area (Å²) in [6, 6.07) is 11.7. The minimum atomic E-state index is -0.666. The minimum absolute atomic E-state index is 0.105. The van der Waals surface area contributed by atoms with Gasteiger partial charge in [0.25, 0.3) is 11.8 Å². The number of aliphatic hydroxyl groups is 1. The summed E-state index contributed by atoms with van der Waals surface area (Å²) >= 11 is 0. The molecule has 0 unspecified atom stereocenters. The van der Waals surface area contributed by atoms with Gasteiger partial charge in [0.15, 0.2) is 0 Å². The van der Waals surface area contributed by atoms with Gasteiger partial charge >= 0.3 is 5.97 Å². The second-order valence-corrected chi connectivity index (χ2v) is 14.6. The number of amides is 3. The number of nitrogens with zero attached hydrogens (tertiary/aromatic N) is 10. The highest BCUT2D eigenvalue weighted by Gasteiger charge is 2.22. The third-order valence-electron chi connectivity index (χ3n) is 10.4. The number of methoxy groups -OCH3 is 1. The molecule has 6 aromatic rings. The number of allylic oxidation sites excluding steroid dienone is 2. The Kier molecular flexibility index (Phi) is 12.5. The van der Waals surface area contributed by atoms with Crippen molar-refractivity contribution in [2.75, 3.05) is 20.3 Å². The van der Waals surface area contributed by atoms with Crippen molar-refractivity contribution in [1.82, 2.24) is 37.8 Å². The van der Waals surface area contributed by atoms with E-state index in [1.807, 2.05) is 43.8 Å². The number of primary amides is 1. The van der Waals surface area contributed by atoms with Crippen molar-refractivity contribution >= 4 is 45.8 Å². The molecule has 60 heavy (non-hydrogen) atoms. The molecule has 3 amide bonds. The molecule has 2 aromatic carbocycles. The van der Waals surface area contributed by atoms with Gasteiger partial charge in [-0.2, -0.15) is 20.2 Å². The molecule has 0 saturated heterocycles. The van der Waals surface area contributed by atoms with Gasteiger partial charge in [0.1, 0.15) is 22.7 Å². The lowest BCUT2D eigenvalue weighted by atomic mass is 10.1.